The number of hydrogen-bond acceptors (Lipinski definition) is 3. The van der Waals surface area contributed by atoms with Crippen LogP contribution >= 0.6 is 0 Å². The molecule has 0 aliphatic carbocycles. The highest BCUT2D eigenvalue weighted by atomic mass is 16.3. The van der Waals surface area contributed by atoms with Crippen molar-refractivity contribution in [2.45, 2.75) is 38.0 Å². The summed E-state index contributed by atoms with van der Waals surface area (Å²) in [6, 6.07) is 8.97. The first-order valence-electron chi connectivity index (χ1n) is 7.03. The Balaban J connectivity index is 1.59. The zero-order chi connectivity index (χ0) is 12.4. The second-order valence-electron chi connectivity index (χ2n) is 5.52. The molecular formula is C15H22N2O. The van der Waals surface area contributed by atoms with Crippen molar-refractivity contribution in [2.75, 3.05) is 19.6 Å². The van der Waals surface area contributed by atoms with E-state index in [9.17, 15) is 5.11 Å². The zero-order valence-corrected chi connectivity index (χ0v) is 10.8. The molecule has 3 rings (SSSR count). The average Bonchev–Trinajstić information content (AvgIpc) is 2.92. The third-order valence-electron chi connectivity index (χ3n) is 4.22. The molecule has 1 fully saturated rings. The van der Waals surface area contributed by atoms with E-state index in [0.29, 0.717) is 6.04 Å². The van der Waals surface area contributed by atoms with Crippen molar-refractivity contribution >= 4 is 0 Å². The van der Waals surface area contributed by atoms with E-state index in [1.807, 2.05) is 0 Å². The Morgan fingerprint density at radius 1 is 1.33 bits per heavy atom. The van der Waals surface area contributed by atoms with Crippen molar-refractivity contribution < 1.29 is 5.11 Å². The molecular weight excluding hydrogens is 224 g/mol. The molecule has 1 aromatic rings. The topological polar surface area (TPSA) is 35.5 Å². The fraction of sp³-hybridized carbons (Fsp3) is 0.600. The van der Waals surface area contributed by atoms with Crippen molar-refractivity contribution in [1.29, 1.82) is 0 Å². The molecule has 2 heterocycles. The molecule has 0 spiro atoms. The van der Waals surface area contributed by atoms with Crippen LogP contribution in [0.4, 0.5) is 0 Å². The highest BCUT2D eigenvalue weighted by Gasteiger charge is 2.25. The molecule has 18 heavy (non-hydrogen) atoms. The molecule has 2 unspecified atom stereocenters. The molecule has 3 heteroatoms. The number of aliphatic hydroxyl groups excluding tert-OH is 1. The number of aliphatic hydroxyl groups is 1. The first-order valence-corrected chi connectivity index (χ1v) is 7.03. The van der Waals surface area contributed by atoms with Gasteiger partial charge in [0.05, 0.1) is 6.10 Å². The Kier molecular flexibility index (Phi) is 3.64. The number of hydrogen-bond donors (Lipinski definition) is 2. The van der Waals surface area contributed by atoms with Gasteiger partial charge in [0.25, 0.3) is 0 Å². The molecule has 0 radical (unpaired) electrons. The summed E-state index contributed by atoms with van der Waals surface area (Å²) in [6.07, 6.45) is 3.20. The van der Waals surface area contributed by atoms with Crippen LogP contribution in [0.2, 0.25) is 0 Å². The minimum absolute atomic E-state index is 0.224. The average molecular weight is 246 g/mol. The van der Waals surface area contributed by atoms with E-state index in [1.54, 1.807) is 0 Å². The molecule has 2 N–H and O–H groups in total. The van der Waals surface area contributed by atoms with Gasteiger partial charge in [-0.05, 0) is 36.9 Å². The number of nitrogens with one attached hydrogen (secondary N) is 1. The van der Waals surface area contributed by atoms with E-state index in [2.05, 4.69) is 34.5 Å². The van der Waals surface area contributed by atoms with Gasteiger partial charge in [0.2, 0.25) is 0 Å². The number of fused-ring (bicyclic) bond motifs is 1. The number of nitrogens with zero attached hydrogens (tertiary/aromatic N) is 1. The van der Waals surface area contributed by atoms with Gasteiger partial charge in [0, 0.05) is 25.7 Å². The van der Waals surface area contributed by atoms with E-state index in [4.69, 9.17) is 0 Å². The Morgan fingerprint density at radius 3 is 2.94 bits per heavy atom. The summed E-state index contributed by atoms with van der Waals surface area (Å²) < 4.78 is 0. The smallest absolute Gasteiger partial charge is 0.0819 e. The highest BCUT2D eigenvalue weighted by Crippen LogP contribution is 2.19. The van der Waals surface area contributed by atoms with Crippen molar-refractivity contribution in [1.82, 2.24) is 10.2 Å². The van der Waals surface area contributed by atoms with Gasteiger partial charge in [-0.1, -0.05) is 24.3 Å². The molecule has 0 bridgehead atoms. The summed E-state index contributed by atoms with van der Waals surface area (Å²) in [5.41, 5.74) is 2.90. The summed E-state index contributed by atoms with van der Waals surface area (Å²) in [7, 11) is 0. The maximum atomic E-state index is 10.2. The molecule has 98 valence electrons. The fourth-order valence-electron chi connectivity index (χ4n) is 3.14. The van der Waals surface area contributed by atoms with Gasteiger partial charge in [-0.3, -0.25) is 4.90 Å². The molecule has 2 aliphatic rings. The molecule has 0 amide bonds. The molecule has 0 aromatic heterocycles. The van der Waals surface area contributed by atoms with Gasteiger partial charge in [0.1, 0.15) is 0 Å². The maximum Gasteiger partial charge on any atom is 0.0819 e. The summed E-state index contributed by atoms with van der Waals surface area (Å²) in [4.78, 5) is 2.38. The number of β-amino-alcohol motifs (C(OH)–C–C–N with tert-alkyl or cyclic N) is 1. The minimum Gasteiger partial charge on any atom is -0.390 e. The van der Waals surface area contributed by atoms with Gasteiger partial charge in [-0.25, -0.2) is 0 Å². The van der Waals surface area contributed by atoms with Crippen molar-refractivity contribution in [2.24, 2.45) is 0 Å². The van der Waals surface area contributed by atoms with E-state index in [-0.39, 0.29) is 6.10 Å². The van der Waals surface area contributed by atoms with Gasteiger partial charge >= 0.3 is 0 Å². The van der Waals surface area contributed by atoms with Crippen molar-refractivity contribution in [3.8, 4) is 0 Å². The predicted molar refractivity (Wildman–Crippen MR) is 72.5 cm³/mol. The van der Waals surface area contributed by atoms with Crippen LogP contribution in [0.1, 0.15) is 24.0 Å². The summed E-state index contributed by atoms with van der Waals surface area (Å²) in [5.74, 6) is 0. The first kappa shape index (κ1) is 12.2. The summed E-state index contributed by atoms with van der Waals surface area (Å²) in [5, 5.41) is 13.6. The van der Waals surface area contributed by atoms with Gasteiger partial charge in [-0.15, -0.1) is 0 Å². The third kappa shape index (κ3) is 2.58. The minimum atomic E-state index is -0.224. The maximum absolute atomic E-state index is 10.2. The summed E-state index contributed by atoms with van der Waals surface area (Å²) >= 11 is 0. The third-order valence-corrected chi connectivity index (χ3v) is 4.22. The lowest BCUT2D eigenvalue weighted by atomic mass is 9.99. The lowest BCUT2D eigenvalue weighted by molar-refractivity contribution is 0.0794. The molecule has 2 aliphatic heterocycles. The van der Waals surface area contributed by atoms with E-state index >= 15 is 0 Å². The van der Waals surface area contributed by atoms with E-state index in [1.165, 1.54) is 17.5 Å². The quantitative estimate of drug-likeness (QED) is 0.840. The van der Waals surface area contributed by atoms with E-state index < -0.39 is 0 Å². The lowest BCUT2D eigenvalue weighted by Crippen LogP contribution is -2.44. The molecule has 3 nitrogen and oxygen atoms in total. The van der Waals surface area contributed by atoms with Crippen LogP contribution in [0.25, 0.3) is 0 Å². The summed E-state index contributed by atoms with van der Waals surface area (Å²) in [6.45, 7) is 3.91. The normalized spacial score (nSPS) is 25.9. The Bertz CT molecular complexity index is 401. The Morgan fingerprint density at radius 2 is 2.17 bits per heavy atom. The van der Waals surface area contributed by atoms with Crippen LogP contribution in [0.3, 0.4) is 0 Å². The SMILES string of the molecule is OC(CN1CCc2ccccc2C1)C1CCCN1. The number of benzene rings is 1. The van der Waals surface area contributed by atoms with Crippen LogP contribution in [-0.4, -0.2) is 41.8 Å². The van der Waals surface area contributed by atoms with E-state index in [0.717, 1.165) is 39.0 Å². The molecule has 1 saturated heterocycles. The van der Waals surface area contributed by atoms with Crippen LogP contribution < -0.4 is 5.32 Å². The standard InChI is InChI=1S/C15H22N2O/c18-15(14-6-3-8-16-14)11-17-9-7-12-4-1-2-5-13(12)10-17/h1-2,4-5,14-16,18H,3,6-11H2. The fourth-order valence-corrected chi connectivity index (χ4v) is 3.14. The van der Waals surface area contributed by atoms with Gasteiger partial charge < -0.3 is 10.4 Å². The van der Waals surface area contributed by atoms with Crippen molar-refractivity contribution in [3.05, 3.63) is 35.4 Å². The molecule has 2 atom stereocenters. The van der Waals surface area contributed by atoms with Crippen LogP contribution in [0, 0.1) is 0 Å². The monoisotopic (exact) mass is 246 g/mol. The second kappa shape index (κ2) is 5.39. The second-order valence-corrected chi connectivity index (χ2v) is 5.52. The van der Waals surface area contributed by atoms with Crippen LogP contribution in [0.15, 0.2) is 24.3 Å². The highest BCUT2D eigenvalue weighted by molar-refractivity contribution is 5.29. The van der Waals surface area contributed by atoms with Crippen LogP contribution in [0.5, 0.6) is 0 Å². The largest absolute Gasteiger partial charge is 0.390 e. The lowest BCUT2D eigenvalue weighted by Gasteiger charge is -2.32. The van der Waals surface area contributed by atoms with Crippen LogP contribution in [-0.2, 0) is 13.0 Å². The zero-order valence-electron chi connectivity index (χ0n) is 10.8. The number of rotatable bonds is 3. The van der Waals surface area contributed by atoms with Crippen molar-refractivity contribution in [3.63, 3.8) is 0 Å². The Hall–Kier alpha value is -0.900. The first-order chi connectivity index (χ1) is 8.83. The Labute approximate surface area is 109 Å². The van der Waals surface area contributed by atoms with Gasteiger partial charge in [0.15, 0.2) is 0 Å². The van der Waals surface area contributed by atoms with Gasteiger partial charge in [-0.2, -0.15) is 0 Å². The molecule has 1 aromatic carbocycles. The predicted octanol–water partition coefficient (Wildman–Crippen LogP) is 1.16. The molecule has 0 saturated carbocycles.